The summed E-state index contributed by atoms with van der Waals surface area (Å²) in [6.07, 6.45) is 0. The molecule has 2 rings (SSSR count). The molecule has 2 aromatic rings. The summed E-state index contributed by atoms with van der Waals surface area (Å²) in [4.78, 5) is 13.1. The van der Waals surface area contributed by atoms with Crippen LogP contribution in [0.15, 0.2) is 41.3 Å². The van der Waals surface area contributed by atoms with E-state index in [-0.39, 0.29) is 11.5 Å². The fraction of sp³-hybridized carbons (Fsp3) is 0.278. The highest BCUT2D eigenvalue weighted by Crippen LogP contribution is 2.16. The van der Waals surface area contributed by atoms with Gasteiger partial charge in [0.1, 0.15) is 0 Å². The van der Waals surface area contributed by atoms with E-state index < -0.39 is 10.8 Å². The van der Waals surface area contributed by atoms with Gasteiger partial charge in [0.15, 0.2) is 5.78 Å². The van der Waals surface area contributed by atoms with E-state index in [1.807, 2.05) is 64.1 Å². The topological polar surface area (TPSA) is 34.1 Å². The van der Waals surface area contributed by atoms with Crippen LogP contribution in [0.4, 0.5) is 0 Å². The Bertz CT molecular complexity index is 717. The Morgan fingerprint density at radius 3 is 2.24 bits per heavy atom. The number of carbonyl (C=O) groups is 1. The maximum Gasteiger partial charge on any atom is 0.175 e. The van der Waals surface area contributed by atoms with Crippen LogP contribution in [-0.4, -0.2) is 15.7 Å². The molecular weight excluding hydrogens is 280 g/mol. The molecule has 0 fully saturated rings. The molecule has 0 aliphatic carbocycles. The Kier molecular flexibility index (Phi) is 4.73. The summed E-state index contributed by atoms with van der Waals surface area (Å²) in [5.74, 6) is -0.0277. The standard InChI is InChI=1S/C18H20O2S/c1-12-5-6-14(3)17(9-12)18(19)11-21(20)16-8-7-13(2)15(4)10-16/h5-10H,11H2,1-4H3. The van der Waals surface area contributed by atoms with Gasteiger partial charge in [-0.05, 0) is 62.6 Å². The number of hydrogen-bond acceptors (Lipinski definition) is 2. The summed E-state index contributed by atoms with van der Waals surface area (Å²) in [5, 5.41) is 0. The molecule has 0 aromatic heterocycles. The van der Waals surface area contributed by atoms with Crippen LogP contribution in [0.1, 0.15) is 32.6 Å². The number of hydrogen-bond donors (Lipinski definition) is 0. The number of ketones is 1. The second-order valence-corrected chi connectivity index (χ2v) is 6.93. The van der Waals surface area contributed by atoms with Crippen molar-refractivity contribution in [3.63, 3.8) is 0 Å². The number of rotatable bonds is 4. The normalized spacial score (nSPS) is 12.2. The van der Waals surface area contributed by atoms with Crippen molar-refractivity contribution in [2.45, 2.75) is 32.6 Å². The molecule has 110 valence electrons. The zero-order valence-electron chi connectivity index (χ0n) is 12.9. The molecule has 1 unspecified atom stereocenters. The molecular formula is C18H20O2S. The van der Waals surface area contributed by atoms with Crippen molar-refractivity contribution in [2.24, 2.45) is 0 Å². The SMILES string of the molecule is Cc1ccc(C)c(C(=O)CS(=O)c2ccc(C)c(C)c2)c1. The molecule has 3 heteroatoms. The molecule has 0 aliphatic rings. The number of Topliss-reactive ketones (excluding diaryl/α,β-unsaturated/α-hetero) is 1. The van der Waals surface area contributed by atoms with Crippen LogP contribution in [0.2, 0.25) is 0 Å². The Morgan fingerprint density at radius 2 is 1.57 bits per heavy atom. The van der Waals surface area contributed by atoms with Crippen LogP contribution in [0.25, 0.3) is 0 Å². The van der Waals surface area contributed by atoms with Crippen LogP contribution in [0, 0.1) is 27.7 Å². The van der Waals surface area contributed by atoms with E-state index in [9.17, 15) is 9.00 Å². The van der Waals surface area contributed by atoms with Gasteiger partial charge >= 0.3 is 0 Å². The minimum atomic E-state index is -1.30. The zero-order chi connectivity index (χ0) is 15.6. The van der Waals surface area contributed by atoms with Crippen LogP contribution >= 0.6 is 0 Å². The van der Waals surface area contributed by atoms with Gasteiger partial charge in [-0.15, -0.1) is 0 Å². The van der Waals surface area contributed by atoms with Gasteiger partial charge in [-0.1, -0.05) is 23.8 Å². The molecule has 0 spiro atoms. The summed E-state index contributed by atoms with van der Waals surface area (Å²) < 4.78 is 12.4. The second kappa shape index (κ2) is 6.35. The highest BCUT2D eigenvalue weighted by molar-refractivity contribution is 7.85. The van der Waals surface area contributed by atoms with Crippen molar-refractivity contribution >= 4 is 16.6 Å². The largest absolute Gasteiger partial charge is 0.293 e. The zero-order valence-corrected chi connectivity index (χ0v) is 13.7. The first kappa shape index (κ1) is 15.6. The quantitative estimate of drug-likeness (QED) is 0.802. The smallest absolute Gasteiger partial charge is 0.175 e. The van der Waals surface area contributed by atoms with E-state index in [2.05, 4.69) is 0 Å². The predicted octanol–water partition coefficient (Wildman–Crippen LogP) is 3.91. The molecule has 0 aliphatic heterocycles. The molecule has 0 saturated carbocycles. The first-order valence-corrected chi connectivity index (χ1v) is 8.26. The number of carbonyl (C=O) groups excluding carboxylic acids is 1. The maximum atomic E-state index is 12.4. The summed E-state index contributed by atoms with van der Waals surface area (Å²) >= 11 is 0. The van der Waals surface area contributed by atoms with Crippen molar-refractivity contribution < 1.29 is 9.00 Å². The molecule has 0 N–H and O–H groups in total. The first-order chi connectivity index (χ1) is 9.88. The maximum absolute atomic E-state index is 12.4. The fourth-order valence-electron chi connectivity index (χ4n) is 2.17. The van der Waals surface area contributed by atoms with Crippen molar-refractivity contribution in [1.29, 1.82) is 0 Å². The van der Waals surface area contributed by atoms with Gasteiger partial charge in [0, 0.05) is 10.5 Å². The summed E-state index contributed by atoms with van der Waals surface area (Å²) in [7, 11) is -1.30. The van der Waals surface area contributed by atoms with E-state index in [1.165, 1.54) is 0 Å². The lowest BCUT2D eigenvalue weighted by molar-refractivity contribution is 0.102. The van der Waals surface area contributed by atoms with Crippen molar-refractivity contribution in [3.8, 4) is 0 Å². The van der Waals surface area contributed by atoms with Gasteiger partial charge in [0.2, 0.25) is 0 Å². The summed E-state index contributed by atoms with van der Waals surface area (Å²) in [6.45, 7) is 7.87. The third-order valence-corrected chi connectivity index (χ3v) is 5.00. The average Bonchev–Trinajstić information content (AvgIpc) is 2.44. The van der Waals surface area contributed by atoms with Gasteiger partial charge in [-0.2, -0.15) is 0 Å². The van der Waals surface area contributed by atoms with Gasteiger partial charge in [0.25, 0.3) is 0 Å². The number of benzene rings is 2. The van der Waals surface area contributed by atoms with Crippen LogP contribution in [-0.2, 0) is 10.8 Å². The molecule has 1 atom stereocenters. The predicted molar refractivity (Wildman–Crippen MR) is 87.4 cm³/mol. The molecule has 21 heavy (non-hydrogen) atoms. The number of aryl methyl sites for hydroxylation is 4. The Morgan fingerprint density at radius 1 is 0.905 bits per heavy atom. The van der Waals surface area contributed by atoms with E-state index in [0.29, 0.717) is 5.56 Å². The van der Waals surface area contributed by atoms with E-state index in [0.717, 1.165) is 27.1 Å². The molecule has 0 heterocycles. The first-order valence-electron chi connectivity index (χ1n) is 6.94. The minimum absolute atomic E-state index is 0.0345. The second-order valence-electron chi connectivity index (χ2n) is 5.48. The van der Waals surface area contributed by atoms with E-state index in [4.69, 9.17) is 0 Å². The fourth-order valence-corrected chi connectivity index (χ4v) is 3.26. The van der Waals surface area contributed by atoms with E-state index in [1.54, 1.807) is 0 Å². The molecule has 0 amide bonds. The van der Waals surface area contributed by atoms with Gasteiger partial charge in [-0.25, -0.2) is 0 Å². The van der Waals surface area contributed by atoms with Gasteiger partial charge in [0.05, 0.1) is 16.6 Å². The van der Waals surface area contributed by atoms with Gasteiger partial charge in [-0.3, -0.25) is 9.00 Å². The Hall–Kier alpha value is -1.74. The summed E-state index contributed by atoms with van der Waals surface area (Å²) in [5.41, 5.74) is 4.91. The monoisotopic (exact) mass is 300 g/mol. The van der Waals surface area contributed by atoms with Crippen LogP contribution in [0.5, 0.6) is 0 Å². The van der Waals surface area contributed by atoms with Crippen molar-refractivity contribution in [2.75, 3.05) is 5.75 Å². The lowest BCUT2D eigenvalue weighted by Crippen LogP contribution is -2.13. The molecule has 0 bridgehead atoms. The van der Waals surface area contributed by atoms with E-state index >= 15 is 0 Å². The third kappa shape index (κ3) is 3.67. The highest BCUT2D eigenvalue weighted by atomic mass is 32.2. The minimum Gasteiger partial charge on any atom is -0.293 e. The molecule has 0 radical (unpaired) electrons. The lowest BCUT2D eigenvalue weighted by atomic mass is 10.0. The van der Waals surface area contributed by atoms with Crippen LogP contribution in [0.3, 0.4) is 0 Å². The highest BCUT2D eigenvalue weighted by Gasteiger charge is 2.15. The summed E-state index contributed by atoms with van der Waals surface area (Å²) in [6, 6.07) is 11.5. The third-order valence-electron chi connectivity index (χ3n) is 3.70. The molecule has 2 aromatic carbocycles. The Labute approximate surface area is 128 Å². The van der Waals surface area contributed by atoms with Gasteiger partial charge < -0.3 is 0 Å². The average molecular weight is 300 g/mol. The molecule has 0 saturated heterocycles. The molecule has 2 nitrogen and oxygen atoms in total. The van der Waals surface area contributed by atoms with Crippen molar-refractivity contribution in [1.82, 2.24) is 0 Å². The Balaban J connectivity index is 2.20. The lowest BCUT2D eigenvalue weighted by Gasteiger charge is -2.08. The van der Waals surface area contributed by atoms with Crippen LogP contribution < -0.4 is 0 Å². The van der Waals surface area contributed by atoms with Crippen molar-refractivity contribution in [3.05, 3.63) is 64.2 Å².